The van der Waals surface area contributed by atoms with E-state index in [2.05, 4.69) is 10.5 Å². The van der Waals surface area contributed by atoms with Crippen LogP contribution in [0.3, 0.4) is 0 Å². The Morgan fingerprint density at radius 1 is 1.29 bits per heavy atom. The number of methoxy groups -OCH3 is 1. The Kier molecular flexibility index (Phi) is 6.52. The molecule has 2 aromatic carbocycles. The number of halogens is 1. The molecule has 1 atom stereocenters. The molecule has 0 spiro atoms. The normalized spacial score (nSPS) is 15.9. The van der Waals surface area contributed by atoms with Crippen molar-refractivity contribution >= 4 is 57.7 Å². The minimum Gasteiger partial charge on any atom is -0.495 e. The highest BCUT2D eigenvalue weighted by molar-refractivity contribution is 7.11. The number of nitrogens with one attached hydrogen (secondary N) is 1. The van der Waals surface area contributed by atoms with Crippen LogP contribution in [-0.4, -0.2) is 41.2 Å². The lowest BCUT2D eigenvalue weighted by Gasteiger charge is -2.18. The number of para-hydroxylation sites is 2. The van der Waals surface area contributed by atoms with Gasteiger partial charge in [-0.2, -0.15) is 5.10 Å². The molecule has 0 radical (unpaired) electrons. The predicted molar refractivity (Wildman–Crippen MR) is 138 cm³/mol. The second kappa shape index (κ2) is 9.89. The van der Waals surface area contributed by atoms with Crippen LogP contribution < -0.4 is 15.1 Å². The summed E-state index contributed by atoms with van der Waals surface area (Å²) in [5.74, 6) is 0.760. The fourth-order valence-electron chi connectivity index (χ4n) is 4.24. The standard InChI is InChI=1S/C25H22ClN5O3S/c1-34-22-9-8-17(12-19(22)26)30-14-16(11-24(30)33)25-28-20-6-2-3-7-21(20)31(25)15-23(32)29-27-13-18-5-4-10-35-18/h2-10,12-13,16H,11,14-15H2,1H3,(H,29,32)/b27-13+. The maximum atomic E-state index is 12.9. The number of aromatic nitrogens is 2. The van der Waals surface area contributed by atoms with E-state index in [0.29, 0.717) is 28.8 Å². The van der Waals surface area contributed by atoms with Crippen LogP contribution >= 0.6 is 22.9 Å². The maximum Gasteiger partial charge on any atom is 0.260 e. The second-order valence-electron chi connectivity index (χ2n) is 8.08. The number of anilines is 1. The molecule has 0 saturated carbocycles. The molecule has 8 nitrogen and oxygen atoms in total. The zero-order valence-corrected chi connectivity index (χ0v) is 20.4. The first-order chi connectivity index (χ1) is 17.0. The van der Waals surface area contributed by atoms with Crippen molar-refractivity contribution in [2.24, 2.45) is 5.10 Å². The molecule has 1 N–H and O–H groups in total. The van der Waals surface area contributed by atoms with Crippen LogP contribution in [-0.2, 0) is 16.1 Å². The molecule has 1 unspecified atom stereocenters. The SMILES string of the molecule is COc1ccc(N2CC(c3nc4ccccc4n3CC(=O)N/N=C/c3cccs3)CC2=O)cc1Cl. The highest BCUT2D eigenvalue weighted by atomic mass is 35.5. The first-order valence-electron chi connectivity index (χ1n) is 11.0. The largest absolute Gasteiger partial charge is 0.495 e. The third-order valence-corrected chi connectivity index (χ3v) is 6.95. The summed E-state index contributed by atoms with van der Waals surface area (Å²) >= 11 is 7.82. The van der Waals surface area contributed by atoms with Gasteiger partial charge in [-0.05, 0) is 41.8 Å². The molecule has 1 saturated heterocycles. The van der Waals surface area contributed by atoms with Crippen molar-refractivity contribution < 1.29 is 14.3 Å². The van der Waals surface area contributed by atoms with Crippen LogP contribution in [0.2, 0.25) is 5.02 Å². The molecule has 4 aromatic rings. The Morgan fingerprint density at radius 2 is 2.14 bits per heavy atom. The van der Waals surface area contributed by atoms with Crippen molar-refractivity contribution in [3.63, 3.8) is 0 Å². The van der Waals surface area contributed by atoms with Crippen LogP contribution in [0.5, 0.6) is 5.75 Å². The highest BCUT2D eigenvalue weighted by Gasteiger charge is 2.35. The quantitative estimate of drug-likeness (QED) is 0.296. The summed E-state index contributed by atoms with van der Waals surface area (Å²) in [7, 11) is 1.55. The Hall–Kier alpha value is -3.69. The number of nitrogens with zero attached hydrogens (tertiary/aromatic N) is 4. The highest BCUT2D eigenvalue weighted by Crippen LogP contribution is 2.36. The fourth-order valence-corrected chi connectivity index (χ4v) is 5.07. The number of carbonyl (C=O) groups excluding carboxylic acids is 2. The smallest absolute Gasteiger partial charge is 0.260 e. The number of thiophene rings is 1. The Balaban J connectivity index is 1.39. The number of amides is 2. The van der Waals surface area contributed by atoms with Crippen LogP contribution in [0.15, 0.2) is 65.1 Å². The van der Waals surface area contributed by atoms with Gasteiger partial charge in [-0.25, -0.2) is 10.4 Å². The molecule has 1 fully saturated rings. The third-order valence-electron chi connectivity index (χ3n) is 5.85. The van der Waals surface area contributed by atoms with Gasteiger partial charge >= 0.3 is 0 Å². The minimum absolute atomic E-state index is 0.0279. The molecule has 178 valence electrons. The van der Waals surface area contributed by atoms with Crippen LogP contribution in [0, 0.1) is 0 Å². The summed E-state index contributed by atoms with van der Waals surface area (Å²) in [6.45, 7) is 0.472. The summed E-state index contributed by atoms with van der Waals surface area (Å²) in [5.41, 5.74) is 4.89. The molecule has 35 heavy (non-hydrogen) atoms. The van der Waals surface area contributed by atoms with Gasteiger partial charge in [0, 0.05) is 29.4 Å². The van der Waals surface area contributed by atoms with Gasteiger partial charge in [0.2, 0.25) is 5.91 Å². The van der Waals surface area contributed by atoms with Crippen molar-refractivity contribution in [2.45, 2.75) is 18.9 Å². The first kappa shape index (κ1) is 23.1. The molecule has 3 heterocycles. The van der Waals surface area contributed by atoms with Gasteiger partial charge in [-0.3, -0.25) is 9.59 Å². The van der Waals surface area contributed by atoms with Crippen molar-refractivity contribution in [3.05, 3.63) is 75.7 Å². The minimum atomic E-state index is -0.273. The van der Waals surface area contributed by atoms with E-state index in [-0.39, 0.29) is 30.7 Å². The number of carbonyl (C=O) groups is 2. The molecule has 2 aromatic heterocycles. The van der Waals surface area contributed by atoms with E-state index in [1.165, 1.54) is 11.3 Å². The molecule has 2 amide bonds. The molecule has 5 rings (SSSR count). The van der Waals surface area contributed by atoms with Gasteiger partial charge in [0.1, 0.15) is 18.1 Å². The monoisotopic (exact) mass is 507 g/mol. The Bertz CT molecular complexity index is 1420. The zero-order valence-electron chi connectivity index (χ0n) is 18.8. The average molecular weight is 508 g/mol. The van der Waals surface area contributed by atoms with Crippen LogP contribution in [0.1, 0.15) is 23.0 Å². The van der Waals surface area contributed by atoms with Crippen LogP contribution in [0.4, 0.5) is 5.69 Å². The van der Waals surface area contributed by atoms with E-state index in [0.717, 1.165) is 15.9 Å². The first-order valence-corrected chi connectivity index (χ1v) is 12.2. The van der Waals surface area contributed by atoms with Gasteiger partial charge in [0.25, 0.3) is 5.91 Å². The molecule has 0 aliphatic carbocycles. The summed E-state index contributed by atoms with van der Waals surface area (Å²) in [6.07, 6.45) is 1.90. The Morgan fingerprint density at radius 3 is 2.91 bits per heavy atom. The van der Waals surface area contributed by atoms with E-state index in [9.17, 15) is 9.59 Å². The van der Waals surface area contributed by atoms with Crippen LogP contribution in [0.25, 0.3) is 11.0 Å². The summed E-state index contributed by atoms with van der Waals surface area (Å²) < 4.78 is 7.09. The van der Waals surface area contributed by atoms with Crippen molar-refractivity contribution in [3.8, 4) is 5.75 Å². The zero-order chi connectivity index (χ0) is 24.4. The van der Waals surface area contributed by atoms with Gasteiger partial charge in [-0.1, -0.05) is 29.8 Å². The van der Waals surface area contributed by atoms with E-state index in [1.807, 2.05) is 52.4 Å². The number of benzene rings is 2. The number of hydrogen-bond donors (Lipinski definition) is 1. The van der Waals surface area contributed by atoms with E-state index < -0.39 is 0 Å². The molecule has 1 aliphatic rings. The van der Waals surface area contributed by atoms with Gasteiger partial charge in [-0.15, -0.1) is 11.3 Å². The topological polar surface area (TPSA) is 88.8 Å². The lowest BCUT2D eigenvalue weighted by molar-refractivity contribution is -0.121. The second-order valence-corrected chi connectivity index (χ2v) is 9.46. The molecular weight excluding hydrogens is 486 g/mol. The lowest BCUT2D eigenvalue weighted by atomic mass is 10.1. The van der Waals surface area contributed by atoms with Gasteiger partial charge in [0.15, 0.2) is 0 Å². The number of hydrogen-bond acceptors (Lipinski definition) is 6. The fraction of sp³-hybridized carbons (Fsp3) is 0.200. The number of imidazole rings is 1. The number of ether oxygens (including phenoxy) is 1. The molecule has 10 heteroatoms. The summed E-state index contributed by atoms with van der Waals surface area (Å²) in [6, 6.07) is 16.8. The van der Waals surface area contributed by atoms with Crippen molar-refractivity contribution in [2.75, 3.05) is 18.6 Å². The third kappa shape index (κ3) is 4.78. The predicted octanol–water partition coefficient (Wildman–Crippen LogP) is 4.43. The summed E-state index contributed by atoms with van der Waals surface area (Å²) in [4.78, 5) is 33.1. The summed E-state index contributed by atoms with van der Waals surface area (Å²) in [5, 5.41) is 6.44. The van der Waals surface area contributed by atoms with E-state index >= 15 is 0 Å². The van der Waals surface area contributed by atoms with Crippen molar-refractivity contribution in [1.82, 2.24) is 15.0 Å². The number of hydrazone groups is 1. The lowest BCUT2D eigenvalue weighted by Crippen LogP contribution is -2.26. The number of rotatable bonds is 7. The molecular formula is C25H22ClN5O3S. The van der Waals surface area contributed by atoms with E-state index in [4.69, 9.17) is 21.3 Å². The van der Waals surface area contributed by atoms with E-state index in [1.54, 1.807) is 30.4 Å². The van der Waals surface area contributed by atoms with Gasteiger partial charge in [0.05, 0.1) is 29.4 Å². The molecule has 0 bridgehead atoms. The Labute approximate surface area is 210 Å². The maximum absolute atomic E-state index is 12.9. The molecule has 1 aliphatic heterocycles. The van der Waals surface area contributed by atoms with Gasteiger partial charge < -0.3 is 14.2 Å². The van der Waals surface area contributed by atoms with Crippen molar-refractivity contribution in [1.29, 1.82) is 0 Å². The average Bonchev–Trinajstić information content (AvgIpc) is 3.58. The number of fused-ring (bicyclic) bond motifs is 1.